The van der Waals surface area contributed by atoms with Gasteiger partial charge in [0.25, 0.3) is 0 Å². The highest BCUT2D eigenvalue weighted by molar-refractivity contribution is 7.95. The van der Waals surface area contributed by atoms with E-state index in [0.717, 1.165) is 11.1 Å². The Bertz CT molecular complexity index is 756. The van der Waals surface area contributed by atoms with Crippen LogP contribution in [0.5, 0.6) is 0 Å². The second kappa shape index (κ2) is 4.83. The molecule has 0 radical (unpaired) electrons. The zero-order valence-corrected chi connectivity index (χ0v) is 12.4. The van der Waals surface area contributed by atoms with Crippen molar-refractivity contribution in [1.82, 2.24) is 0 Å². The van der Waals surface area contributed by atoms with Gasteiger partial charge in [-0.15, -0.1) is 0 Å². The van der Waals surface area contributed by atoms with Crippen molar-refractivity contribution in [3.63, 3.8) is 0 Å². The Morgan fingerprint density at radius 1 is 1.20 bits per heavy atom. The van der Waals surface area contributed by atoms with Crippen molar-refractivity contribution >= 4 is 15.5 Å². The molecule has 106 valence electrons. The fourth-order valence-electron chi connectivity index (χ4n) is 2.06. The number of hydrogen-bond donors (Lipinski definition) is 2. The van der Waals surface area contributed by atoms with Crippen LogP contribution in [0.1, 0.15) is 18.1 Å². The van der Waals surface area contributed by atoms with Crippen molar-refractivity contribution in [2.45, 2.75) is 25.2 Å². The van der Waals surface area contributed by atoms with E-state index in [-0.39, 0.29) is 9.80 Å². The Morgan fingerprint density at radius 2 is 1.85 bits per heavy atom. The lowest BCUT2D eigenvalue weighted by atomic mass is 10.0. The summed E-state index contributed by atoms with van der Waals surface area (Å²) in [5.41, 5.74) is 15.0. The summed E-state index contributed by atoms with van der Waals surface area (Å²) in [6, 6.07) is 3.31. The van der Waals surface area contributed by atoms with Crippen LogP contribution in [-0.2, 0) is 16.3 Å². The molecule has 1 aromatic carbocycles. The molecule has 1 heterocycles. The van der Waals surface area contributed by atoms with Crippen LogP contribution in [0.2, 0.25) is 0 Å². The van der Waals surface area contributed by atoms with Crippen molar-refractivity contribution in [2.75, 3.05) is 5.73 Å². The lowest BCUT2D eigenvalue weighted by Crippen LogP contribution is -2.08. The van der Waals surface area contributed by atoms with Crippen molar-refractivity contribution in [2.24, 2.45) is 5.73 Å². The third-order valence-electron chi connectivity index (χ3n) is 3.48. The van der Waals surface area contributed by atoms with Crippen LogP contribution in [0, 0.1) is 6.92 Å². The Balaban J connectivity index is 2.79. The zero-order chi connectivity index (χ0) is 15.1. The Labute approximate surface area is 119 Å². The van der Waals surface area contributed by atoms with Gasteiger partial charge in [-0.2, -0.15) is 0 Å². The lowest BCUT2D eigenvalue weighted by molar-refractivity contribution is 0.602. The maximum atomic E-state index is 12.6. The summed E-state index contributed by atoms with van der Waals surface area (Å²) in [4.78, 5) is 0.190. The van der Waals surface area contributed by atoms with Gasteiger partial charge in [-0.3, -0.25) is 0 Å². The number of benzene rings is 1. The average Bonchev–Trinajstić information content (AvgIpc) is 2.40. The maximum Gasteiger partial charge on any atom is 0.206 e. The van der Waals surface area contributed by atoms with Crippen LogP contribution in [0.3, 0.4) is 0 Å². The smallest absolute Gasteiger partial charge is 0.206 e. The molecule has 1 aliphatic heterocycles. The van der Waals surface area contributed by atoms with Gasteiger partial charge in [0.2, 0.25) is 9.84 Å². The van der Waals surface area contributed by atoms with Crippen LogP contribution in [0.4, 0.5) is 5.69 Å². The predicted octanol–water partition coefficient (Wildman–Crippen LogP) is 2.21. The molecule has 0 bridgehead atoms. The van der Waals surface area contributed by atoms with Crippen LogP contribution in [0.25, 0.3) is 0 Å². The molecule has 2 rings (SSSR count). The van der Waals surface area contributed by atoms with Crippen LogP contribution in [0.15, 0.2) is 51.9 Å². The highest BCUT2D eigenvalue weighted by Gasteiger charge is 2.23. The fraction of sp³-hybridized carbons (Fsp3) is 0.200. The minimum absolute atomic E-state index is 0.0193. The van der Waals surface area contributed by atoms with Gasteiger partial charge >= 0.3 is 0 Å². The number of rotatable bonds is 0. The van der Waals surface area contributed by atoms with Crippen LogP contribution >= 0.6 is 0 Å². The minimum atomic E-state index is -3.66. The molecule has 5 heteroatoms. The normalized spacial score (nSPS) is 23.4. The molecule has 4 N–H and O–H groups in total. The van der Waals surface area contributed by atoms with Crippen molar-refractivity contribution < 1.29 is 8.42 Å². The molecular weight excluding hydrogens is 272 g/mol. The van der Waals surface area contributed by atoms with Gasteiger partial charge in [0.1, 0.15) is 0 Å². The third kappa shape index (κ3) is 2.36. The van der Waals surface area contributed by atoms with Crippen molar-refractivity contribution in [1.29, 1.82) is 0 Å². The number of nitrogens with two attached hydrogens (primary N) is 2. The number of sulfone groups is 1. The van der Waals surface area contributed by atoms with Crippen LogP contribution in [-0.4, -0.2) is 8.42 Å². The molecule has 0 aromatic heterocycles. The number of fused-ring (bicyclic) bond motifs is 1. The lowest BCUT2D eigenvalue weighted by Gasteiger charge is -2.12. The molecule has 0 saturated heterocycles. The van der Waals surface area contributed by atoms with Gasteiger partial charge in [0, 0.05) is 11.4 Å². The van der Waals surface area contributed by atoms with E-state index in [1.807, 2.05) is 19.9 Å². The molecule has 1 aliphatic rings. The monoisotopic (exact) mass is 290 g/mol. The van der Waals surface area contributed by atoms with Gasteiger partial charge in [0.05, 0.1) is 9.80 Å². The molecular formula is C15H18N2O2S. The topological polar surface area (TPSA) is 86.2 Å². The SMILES string of the molecule is C=C1/C=C(N)\C(C)=C/Cc2cc(C)c(N)cc2S1(=O)=O. The Morgan fingerprint density at radius 3 is 2.50 bits per heavy atom. The number of anilines is 1. The summed E-state index contributed by atoms with van der Waals surface area (Å²) in [5.74, 6) is 0. The number of nitrogen functional groups attached to an aromatic ring is 1. The largest absolute Gasteiger partial charge is 0.398 e. The summed E-state index contributed by atoms with van der Waals surface area (Å²) >= 11 is 0. The second-order valence-electron chi connectivity index (χ2n) is 4.98. The van der Waals surface area contributed by atoms with E-state index in [0.29, 0.717) is 23.4 Å². The van der Waals surface area contributed by atoms with Gasteiger partial charge in [0.15, 0.2) is 0 Å². The van der Waals surface area contributed by atoms with E-state index in [9.17, 15) is 8.42 Å². The van der Waals surface area contributed by atoms with Gasteiger partial charge in [-0.25, -0.2) is 8.42 Å². The molecule has 0 fully saturated rings. The highest BCUT2D eigenvalue weighted by atomic mass is 32.2. The van der Waals surface area contributed by atoms with E-state index in [4.69, 9.17) is 11.5 Å². The summed E-state index contributed by atoms with van der Waals surface area (Å²) in [6.45, 7) is 7.34. The molecule has 1 aromatic rings. The van der Waals surface area contributed by atoms with E-state index in [1.54, 1.807) is 6.07 Å². The van der Waals surface area contributed by atoms with Gasteiger partial charge in [-0.1, -0.05) is 18.7 Å². The molecule has 0 atom stereocenters. The molecule has 0 unspecified atom stereocenters. The second-order valence-corrected chi connectivity index (χ2v) is 6.95. The summed E-state index contributed by atoms with van der Waals surface area (Å²) in [5, 5.41) is 0. The molecule has 0 spiro atoms. The molecule has 4 nitrogen and oxygen atoms in total. The predicted molar refractivity (Wildman–Crippen MR) is 81.6 cm³/mol. The van der Waals surface area contributed by atoms with Crippen LogP contribution < -0.4 is 11.5 Å². The fourth-order valence-corrected chi connectivity index (χ4v) is 3.39. The first-order valence-electron chi connectivity index (χ1n) is 6.21. The molecule has 0 amide bonds. The van der Waals surface area contributed by atoms with Crippen molar-refractivity contribution in [3.8, 4) is 0 Å². The van der Waals surface area contributed by atoms with E-state index < -0.39 is 9.84 Å². The number of allylic oxidation sites excluding steroid dienone is 3. The highest BCUT2D eigenvalue weighted by Crippen LogP contribution is 2.30. The van der Waals surface area contributed by atoms with Gasteiger partial charge in [-0.05, 0) is 49.1 Å². The Hall–Kier alpha value is -2.01. The first kappa shape index (κ1) is 14.4. The summed E-state index contributed by atoms with van der Waals surface area (Å²) in [6.07, 6.45) is 3.80. The Kier molecular flexibility index (Phi) is 3.48. The molecule has 20 heavy (non-hydrogen) atoms. The number of hydrogen-bond acceptors (Lipinski definition) is 4. The first-order valence-corrected chi connectivity index (χ1v) is 7.69. The quantitative estimate of drug-likeness (QED) is 0.717. The molecule has 0 aliphatic carbocycles. The summed E-state index contributed by atoms with van der Waals surface area (Å²) in [7, 11) is -3.66. The third-order valence-corrected chi connectivity index (χ3v) is 5.25. The summed E-state index contributed by atoms with van der Waals surface area (Å²) < 4.78 is 25.1. The minimum Gasteiger partial charge on any atom is -0.398 e. The average molecular weight is 290 g/mol. The van der Waals surface area contributed by atoms with E-state index >= 15 is 0 Å². The van der Waals surface area contributed by atoms with E-state index in [1.165, 1.54) is 12.1 Å². The first-order chi connectivity index (χ1) is 9.23. The van der Waals surface area contributed by atoms with Gasteiger partial charge < -0.3 is 11.5 Å². The van der Waals surface area contributed by atoms with Crippen molar-refractivity contribution in [3.05, 3.63) is 58.2 Å². The molecule has 0 saturated carbocycles. The zero-order valence-electron chi connectivity index (χ0n) is 11.6. The van der Waals surface area contributed by atoms with E-state index in [2.05, 4.69) is 6.58 Å². The maximum absolute atomic E-state index is 12.6. The standard InChI is InChI=1S/C15H18N2O2S/c1-9-4-5-12-6-10(2)14(17)8-15(12)20(18,19)11(3)7-13(9)16/h4,6-8H,3,5,16-17H2,1-2H3/b9-4-,13-7+. The number of aryl methyl sites for hydroxylation is 1.